The Balaban J connectivity index is 1.08. The summed E-state index contributed by atoms with van der Waals surface area (Å²) in [7, 11) is 0. The molecule has 0 bridgehead atoms. The van der Waals surface area contributed by atoms with Gasteiger partial charge in [-0.3, -0.25) is 0 Å². The second-order valence-corrected chi connectivity index (χ2v) is 14.5. The molecule has 0 radical (unpaired) electrons. The molecule has 12 rings (SSSR count). The van der Waals surface area contributed by atoms with Crippen molar-refractivity contribution >= 4 is 76.3 Å². The number of furan rings is 1. The first-order chi connectivity index (χ1) is 27.3. The molecule has 55 heavy (non-hydrogen) atoms. The lowest BCUT2D eigenvalue weighted by atomic mass is 9.99. The lowest BCUT2D eigenvalue weighted by Crippen LogP contribution is -1.94. The Labute approximate surface area is 316 Å². The number of para-hydroxylation sites is 2. The zero-order valence-corrected chi connectivity index (χ0v) is 29.8. The summed E-state index contributed by atoms with van der Waals surface area (Å²) in [6.07, 6.45) is 0. The molecule has 9 aromatic carbocycles. The molecule has 0 N–H and O–H groups in total. The Kier molecular flexibility index (Phi) is 6.34. The Morgan fingerprint density at radius 1 is 0.291 bits per heavy atom. The van der Waals surface area contributed by atoms with Crippen LogP contribution in [0.1, 0.15) is 0 Å². The van der Waals surface area contributed by atoms with Gasteiger partial charge in [0.2, 0.25) is 0 Å². The normalized spacial score (nSPS) is 12.0. The number of hydrogen-bond acceptors (Lipinski definition) is 1. The van der Waals surface area contributed by atoms with E-state index in [1.807, 2.05) is 12.1 Å². The van der Waals surface area contributed by atoms with E-state index in [0.29, 0.717) is 0 Å². The van der Waals surface area contributed by atoms with Gasteiger partial charge < -0.3 is 13.6 Å². The predicted octanol–water partition coefficient (Wildman–Crippen LogP) is 14.3. The molecule has 0 atom stereocenters. The van der Waals surface area contributed by atoms with Crippen LogP contribution in [0.5, 0.6) is 0 Å². The fraction of sp³-hybridized carbons (Fsp3) is 0. The van der Waals surface area contributed by atoms with Crippen molar-refractivity contribution in [3.63, 3.8) is 0 Å². The summed E-state index contributed by atoms with van der Waals surface area (Å²) in [6.45, 7) is 0. The molecule has 0 aliphatic carbocycles. The van der Waals surface area contributed by atoms with Crippen LogP contribution in [0.2, 0.25) is 0 Å². The fourth-order valence-corrected chi connectivity index (χ4v) is 8.95. The summed E-state index contributed by atoms with van der Waals surface area (Å²) in [4.78, 5) is 0. The minimum absolute atomic E-state index is 0.893. The van der Waals surface area contributed by atoms with E-state index in [1.165, 1.54) is 76.6 Å². The summed E-state index contributed by atoms with van der Waals surface area (Å²) in [5.74, 6) is 0. The average molecular weight is 701 g/mol. The molecule has 0 spiro atoms. The lowest BCUT2D eigenvalue weighted by Gasteiger charge is -2.10. The molecule has 3 heteroatoms. The highest BCUT2D eigenvalue weighted by molar-refractivity contribution is 6.20. The third-order valence-electron chi connectivity index (χ3n) is 11.5. The minimum atomic E-state index is 0.893. The van der Waals surface area contributed by atoms with Gasteiger partial charge in [-0.1, -0.05) is 127 Å². The van der Waals surface area contributed by atoms with Crippen molar-refractivity contribution in [1.29, 1.82) is 0 Å². The highest BCUT2D eigenvalue weighted by Gasteiger charge is 2.19. The molecule has 0 aliphatic rings. The minimum Gasteiger partial charge on any atom is -0.456 e. The first-order valence-corrected chi connectivity index (χ1v) is 18.8. The van der Waals surface area contributed by atoms with Gasteiger partial charge in [-0.05, 0) is 88.3 Å². The Morgan fingerprint density at radius 3 is 1.71 bits per heavy atom. The smallest absolute Gasteiger partial charge is 0.137 e. The van der Waals surface area contributed by atoms with E-state index in [9.17, 15) is 0 Å². The molecule has 0 saturated carbocycles. The highest BCUT2D eigenvalue weighted by Crippen LogP contribution is 2.41. The number of benzene rings is 9. The number of aromatic nitrogens is 2. The molecule has 3 aromatic heterocycles. The maximum Gasteiger partial charge on any atom is 0.137 e. The van der Waals surface area contributed by atoms with Gasteiger partial charge in [-0.25, -0.2) is 0 Å². The van der Waals surface area contributed by atoms with Crippen LogP contribution < -0.4 is 0 Å². The van der Waals surface area contributed by atoms with E-state index in [0.717, 1.165) is 33.3 Å². The van der Waals surface area contributed by atoms with Crippen molar-refractivity contribution in [2.75, 3.05) is 0 Å². The van der Waals surface area contributed by atoms with Crippen LogP contribution in [0.25, 0.3) is 110 Å². The number of hydrogen-bond donors (Lipinski definition) is 0. The van der Waals surface area contributed by atoms with Crippen molar-refractivity contribution < 1.29 is 4.42 Å². The second-order valence-electron chi connectivity index (χ2n) is 14.5. The quantitative estimate of drug-likeness (QED) is 0.179. The third-order valence-corrected chi connectivity index (χ3v) is 11.5. The third kappa shape index (κ3) is 4.50. The van der Waals surface area contributed by atoms with E-state index in [-0.39, 0.29) is 0 Å². The average Bonchev–Trinajstić information content (AvgIpc) is 3.91. The number of fused-ring (bicyclic) bond motifs is 11. The van der Waals surface area contributed by atoms with E-state index < -0.39 is 0 Å². The van der Waals surface area contributed by atoms with E-state index in [1.54, 1.807) is 0 Å². The fourth-order valence-electron chi connectivity index (χ4n) is 8.95. The van der Waals surface area contributed by atoms with Crippen LogP contribution in [-0.4, -0.2) is 9.13 Å². The Bertz CT molecular complexity index is 3470. The van der Waals surface area contributed by atoms with E-state index in [2.05, 4.69) is 191 Å². The van der Waals surface area contributed by atoms with E-state index in [4.69, 9.17) is 4.42 Å². The molecule has 3 heterocycles. The zero-order chi connectivity index (χ0) is 36.0. The summed E-state index contributed by atoms with van der Waals surface area (Å²) in [6, 6.07) is 70.3. The van der Waals surface area contributed by atoms with Gasteiger partial charge in [0.1, 0.15) is 11.2 Å². The van der Waals surface area contributed by atoms with Crippen LogP contribution in [0.4, 0.5) is 0 Å². The van der Waals surface area contributed by atoms with Gasteiger partial charge in [-0.2, -0.15) is 0 Å². The highest BCUT2D eigenvalue weighted by atomic mass is 16.3. The largest absolute Gasteiger partial charge is 0.456 e. The maximum absolute atomic E-state index is 6.39. The standard InChI is InChI=1S/C52H32N2O/c1-3-11-33(12-4-1)37-20-24-41-45-29-35(21-27-47(45)53(49(41)31-37)38-14-5-2-6-15-38)36-22-28-48-46(30-36)44-25-19-34-13-7-8-16-40(34)52(44)54(48)39-23-26-43-42-17-9-10-18-50(42)55-51(43)32-39/h1-32H. The summed E-state index contributed by atoms with van der Waals surface area (Å²) >= 11 is 0. The lowest BCUT2D eigenvalue weighted by molar-refractivity contribution is 0.668. The van der Waals surface area contributed by atoms with Gasteiger partial charge in [-0.15, -0.1) is 0 Å². The van der Waals surface area contributed by atoms with Gasteiger partial charge in [0.15, 0.2) is 0 Å². The van der Waals surface area contributed by atoms with Gasteiger partial charge >= 0.3 is 0 Å². The van der Waals surface area contributed by atoms with Gasteiger partial charge in [0.25, 0.3) is 0 Å². The molecule has 3 nitrogen and oxygen atoms in total. The van der Waals surface area contributed by atoms with Gasteiger partial charge in [0.05, 0.1) is 22.1 Å². The predicted molar refractivity (Wildman–Crippen MR) is 231 cm³/mol. The monoisotopic (exact) mass is 700 g/mol. The first kappa shape index (κ1) is 30.1. The summed E-state index contributed by atoms with van der Waals surface area (Å²) < 4.78 is 11.2. The molecule has 0 unspecified atom stereocenters. The van der Waals surface area contributed by atoms with Crippen molar-refractivity contribution in [1.82, 2.24) is 9.13 Å². The van der Waals surface area contributed by atoms with Gasteiger partial charge in [0, 0.05) is 55.1 Å². The molecule has 0 fully saturated rings. The van der Waals surface area contributed by atoms with Crippen LogP contribution in [0, 0.1) is 0 Å². The zero-order valence-electron chi connectivity index (χ0n) is 29.8. The van der Waals surface area contributed by atoms with E-state index >= 15 is 0 Å². The Hall–Kier alpha value is -7.36. The summed E-state index contributed by atoms with van der Waals surface area (Å²) in [5, 5.41) is 9.66. The molecule has 12 aromatic rings. The van der Waals surface area contributed by atoms with Crippen molar-refractivity contribution in [3.05, 3.63) is 194 Å². The van der Waals surface area contributed by atoms with Crippen molar-refractivity contribution in [2.45, 2.75) is 0 Å². The molecular formula is C52H32N2O. The SMILES string of the molecule is c1ccc(-c2ccc3c4cc(-c5ccc6c(c5)c5ccc7ccccc7c5n6-c5ccc6c(c5)oc5ccccc56)ccc4n(-c4ccccc4)c3c2)cc1. The maximum atomic E-state index is 6.39. The number of nitrogens with zero attached hydrogens (tertiary/aromatic N) is 2. The van der Waals surface area contributed by atoms with Crippen LogP contribution in [-0.2, 0) is 0 Å². The van der Waals surface area contributed by atoms with Crippen LogP contribution in [0.15, 0.2) is 199 Å². The molecule has 0 aliphatic heterocycles. The molecule has 0 saturated heterocycles. The topological polar surface area (TPSA) is 23.0 Å². The first-order valence-electron chi connectivity index (χ1n) is 18.8. The molecule has 0 amide bonds. The van der Waals surface area contributed by atoms with Crippen LogP contribution >= 0.6 is 0 Å². The molecular weight excluding hydrogens is 669 g/mol. The van der Waals surface area contributed by atoms with Crippen LogP contribution in [0.3, 0.4) is 0 Å². The summed E-state index contributed by atoms with van der Waals surface area (Å²) in [5.41, 5.74) is 13.6. The van der Waals surface area contributed by atoms with Crippen molar-refractivity contribution in [2.24, 2.45) is 0 Å². The number of rotatable bonds is 4. The Morgan fingerprint density at radius 2 is 0.891 bits per heavy atom. The molecule has 256 valence electrons. The second kappa shape index (κ2) is 11.6. The van der Waals surface area contributed by atoms with Crippen molar-refractivity contribution in [3.8, 4) is 33.6 Å².